The Morgan fingerprint density at radius 2 is 1.97 bits per heavy atom. The molecular formula is C23H17N3O5S. The number of rotatable bonds is 6. The molecule has 8 nitrogen and oxygen atoms in total. The van der Waals surface area contributed by atoms with E-state index in [0.717, 1.165) is 20.9 Å². The molecule has 2 aromatic carbocycles. The largest absolute Gasteiger partial charge is 0.494 e. The smallest absolute Gasteiger partial charge is 0.261 e. The number of anilines is 1. The van der Waals surface area contributed by atoms with Crippen molar-refractivity contribution in [3.05, 3.63) is 77.2 Å². The second kappa shape index (κ2) is 7.93. The van der Waals surface area contributed by atoms with Crippen LogP contribution in [-0.4, -0.2) is 34.2 Å². The Morgan fingerprint density at radius 3 is 2.75 bits per heavy atom. The summed E-state index contributed by atoms with van der Waals surface area (Å²) in [7, 11) is 0. The highest BCUT2D eigenvalue weighted by atomic mass is 32.1. The summed E-state index contributed by atoms with van der Waals surface area (Å²) in [4.78, 5) is 43.7. The number of hydrogen-bond donors (Lipinski definition) is 1. The monoisotopic (exact) mass is 447 g/mol. The van der Waals surface area contributed by atoms with Gasteiger partial charge in [-0.1, -0.05) is 11.3 Å². The van der Waals surface area contributed by atoms with Crippen LogP contribution in [0.25, 0.3) is 10.2 Å². The van der Waals surface area contributed by atoms with Crippen molar-refractivity contribution in [2.45, 2.75) is 13.5 Å². The van der Waals surface area contributed by atoms with Gasteiger partial charge in [-0.2, -0.15) is 0 Å². The number of aromatic nitrogens is 1. The van der Waals surface area contributed by atoms with Crippen LogP contribution in [0, 0.1) is 0 Å². The van der Waals surface area contributed by atoms with Crippen molar-refractivity contribution in [3.63, 3.8) is 0 Å². The van der Waals surface area contributed by atoms with E-state index in [1.165, 1.54) is 35.8 Å². The molecule has 0 spiro atoms. The van der Waals surface area contributed by atoms with Crippen LogP contribution in [0.1, 0.15) is 43.8 Å². The number of imide groups is 1. The van der Waals surface area contributed by atoms with Crippen LogP contribution in [0.2, 0.25) is 0 Å². The minimum absolute atomic E-state index is 0.0380. The Kier molecular flexibility index (Phi) is 4.95. The highest BCUT2D eigenvalue weighted by molar-refractivity contribution is 7.22. The molecule has 3 heterocycles. The average Bonchev–Trinajstić information content (AvgIpc) is 3.49. The molecule has 4 aromatic rings. The molecule has 1 aliphatic heterocycles. The van der Waals surface area contributed by atoms with Crippen molar-refractivity contribution in [2.75, 3.05) is 11.9 Å². The molecule has 0 saturated heterocycles. The lowest BCUT2D eigenvalue weighted by Gasteiger charge is -2.11. The number of carbonyl (C=O) groups excluding carboxylic acids is 3. The maximum absolute atomic E-state index is 12.8. The molecule has 0 unspecified atom stereocenters. The van der Waals surface area contributed by atoms with E-state index >= 15 is 0 Å². The SMILES string of the molecule is CCOc1ccc2nc(NC(=O)c3ccc4c(c3)C(=O)N(Cc3ccco3)C4=O)sc2c1. The highest BCUT2D eigenvalue weighted by Gasteiger charge is 2.36. The van der Waals surface area contributed by atoms with E-state index in [2.05, 4.69) is 10.3 Å². The number of thiazole rings is 1. The third-order valence-electron chi connectivity index (χ3n) is 5.02. The van der Waals surface area contributed by atoms with Gasteiger partial charge in [-0.15, -0.1) is 0 Å². The quantitative estimate of drug-likeness (QED) is 0.441. The van der Waals surface area contributed by atoms with Crippen LogP contribution in [-0.2, 0) is 6.54 Å². The molecule has 32 heavy (non-hydrogen) atoms. The lowest BCUT2D eigenvalue weighted by Crippen LogP contribution is -2.28. The summed E-state index contributed by atoms with van der Waals surface area (Å²) in [5.74, 6) is -0.0472. The molecular weight excluding hydrogens is 430 g/mol. The molecule has 160 valence electrons. The summed E-state index contributed by atoms with van der Waals surface area (Å²) in [6.45, 7) is 2.51. The number of furan rings is 1. The maximum Gasteiger partial charge on any atom is 0.261 e. The van der Waals surface area contributed by atoms with Gasteiger partial charge in [0.15, 0.2) is 5.13 Å². The van der Waals surface area contributed by atoms with Crippen molar-refractivity contribution >= 4 is 44.4 Å². The van der Waals surface area contributed by atoms with Gasteiger partial charge in [-0.3, -0.25) is 24.6 Å². The van der Waals surface area contributed by atoms with Crippen LogP contribution in [0.3, 0.4) is 0 Å². The first kappa shape index (κ1) is 20.0. The molecule has 0 atom stereocenters. The lowest BCUT2D eigenvalue weighted by molar-refractivity contribution is 0.0631. The van der Waals surface area contributed by atoms with E-state index in [1.807, 2.05) is 25.1 Å². The van der Waals surface area contributed by atoms with Crippen molar-refractivity contribution in [2.24, 2.45) is 0 Å². The number of ether oxygens (including phenoxy) is 1. The predicted molar refractivity (Wildman–Crippen MR) is 118 cm³/mol. The van der Waals surface area contributed by atoms with E-state index in [4.69, 9.17) is 9.15 Å². The number of nitrogens with zero attached hydrogens (tertiary/aromatic N) is 2. The van der Waals surface area contributed by atoms with Crippen LogP contribution < -0.4 is 10.1 Å². The fourth-order valence-corrected chi connectivity index (χ4v) is 4.41. The zero-order valence-corrected chi connectivity index (χ0v) is 17.8. The first-order valence-corrected chi connectivity index (χ1v) is 10.7. The van der Waals surface area contributed by atoms with Crippen molar-refractivity contribution < 1.29 is 23.5 Å². The number of fused-ring (bicyclic) bond motifs is 2. The zero-order valence-electron chi connectivity index (χ0n) is 17.0. The number of carbonyl (C=O) groups is 3. The molecule has 0 radical (unpaired) electrons. The minimum Gasteiger partial charge on any atom is -0.494 e. The van der Waals surface area contributed by atoms with Gasteiger partial charge in [0.25, 0.3) is 17.7 Å². The molecule has 9 heteroatoms. The summed E-state index contributed by atoms with van der Waals surface area (Å²) >= 11 is 1.33. The first-order chi connectivity index (χ1) is 15.5. The van der Waals surface area contributed by atoms with Gasteiger partial charge in [0.05, 0.1) is 40.8 Å². The summed E-state index contributed by atoms with van der Waals surface area (Å²) in [6.07, 6.45) is 1.48. The van der Waals surface area contributed by atoms with E-state index in [0.29, 0.717) is 17.5 Å². The van der Waals surface area contributed by atoms with Gasteiger partial charge in [-0.05, 0) is 55.5 Å². The Hall–Kier alpha value is -3.98. The van der Waals surface area contributed by atoms with Crippen molar-refractivity contribution in [3.8, 4) is 5.75 Å². The van der Waals surface area contributed by atoms with E-state index in [-0.39, 0.29) is 23.2 Å². The molecule has 5 rings (SSSR count). The second-order valence-electron chi connectivity index (χ2n) is 7.07. The van der Waals surface area contributed by atoms with E-state index in [9.17, 15) is 14.4 Å². The Balaban J connectivity index is 1.36. The number of nitrogens with one attached hydrogen (secondary N) is 1. The molecule has 2 aromatic heterocycles. The van der Waals surface area contributed by atoms with Gasteiger partial charge >= 0.3 is 0 Å². The first-order valence-electron chi connectivity index (χ1n) is 9.91. The fraction of sp³-hybridized carbons (Fsp3) is 0.130. The van der Waals surface area contributed by atoms with Gasteiger partial charge in [-0.25, -0.2) is 4.98 Å². The number of benzene rings is 2. The molecule has 3 amide bonds. The van der Waals surface area contributed by atoms with Crippen LogP contribution in [0.5, 0.6) is 5.75 Å². The Labute approximate surface area is 186 Å². The molecule has 0 fully saturated rings. The third-order valence-corrected chi connectivity index (χ3v) is 5.95. The number of amides is 3. The predicted octanol–water partition coefficient (Wildman–Crippen LogP) is 4.34. The summed E-state index contributed by atoms with van der Waals surface area (Å²) in [6, 6.07) is 13.4. The Morgan fingerprint density at radius 1 is 1.12 bits per heavy atom. The van der Waals surface area contributed by atoms with E-state index < -0.39 is 17.7 Å². The second-order valence-corrected chi connectivity index (χ2v) is 8.10. The minimum atomic E-state index is -0.459. The topological polar surface area (TPSA) is 102 Å². The van der Waals surface area contributed by atoms with Gasteiger partial charge < -0.3 is 9.15 Å². The van der Waals surface area contributed by atoms with Gasteiger partial charge in [0.2, 0.25) is 0 Å². The summed E-state index contributed by atoms with van der Waals surface area (Å²) < 4.78 is 11.6. The van der Waals surface area contributed by atoms with Crippen molar-refractivity contribution in [1.29, 1.82) is 0 Å². The van der Waals surface area contributed by atoms with Crippen LogP contribution >= 0.6 is 11.3 Å². The summed E-state index contributed by atoms with van der Waals surface area (Å²) in [5, 5.41) is 3.20. The maximum atomic E-state index is 12.8. The molecule has 1 N–H and O–H groups in total. The van der Waals surface area contributed by atoms with Gasteiger partial charge in [0.1, 0.15) is 11.5 Å². The highest BCUT2D eigenvalue weighted by Crippen LogP contribution is 2.30. The van der Waals surface area contributed by atoms with Gasteiger partial charge in [0, 0.05) is 5.56 Å². The number of hydrogen-bond acceptors (Lipinski definition) is 7. The van der Waals surface area contributed by atoms with Crippen molar-refractivity contribution in [1.82, 2.24) is 9.88 Å². The molecule has 0 aliphatic carbocycles. The molecule has 0 bridgehead atoms. The lowest BCUT2D eigenvalue weighted by atomic mass is 10.1. The summed E-state index contributed by atoms with van der Waals surface area (Å²) in [5.41, 5.74) is 1.47. The third kappa shape index (κ3) is 3.52. The zero-order chi connectivity index (χ0) is 22.2. The molecule has 1 aliphatic rings. The average molecular weight is 447 g/mol. The normalized spacial score (nSPS) is 13.0. The Bertz CT molecular complexity index is 1360. The van der Waals surface area contributed by atoms with Crippen LogP contribution in [0.4, 0.5) is 5.13 Å². The molecule has 0 saturated carbocycles. The van der Waals surface area contributed by atoms with Crippen LogP contribution in [0.15, 0.2) is 59.2 Å². The fourth-order valence-electron chi connectivity index (χ4n) is 3.52. The standard InChI is InChI=1S/C23H17N3O5S/c1-2-30-14-6-8-18-19(11-14)32-23(24-18)25-20(27)13-5-7-16-17(10-13)22(29)26(21(16)28)12-15-4-3-9-31-15/h3-11H,2,12H2,1H3,(H,24,25,27). The van der Waals surface area contributed by atoms with E-state index in [1.54, 1.807) is 12.1 Å².